The Hall–Kier alpha value is -1.50. The van der Waals surface area contributed by atoms with E-state index in [9.17, 15) is 14.3 Å². The van der Waals surface area contributed by atoms with Crippen LogP contribution in [0.25, 0.3) is 0 Å². The van der Waals surface area contributed by atoms with Gasteiger partial charge in [0.15, 0.2) is 0 Å². The number of methoxy groups -OCH3 is 1. The van der Waals surface area contributed by atoms with E-state index in [4.69, 9.17) is 9.47 Å². The van der Waals surface area contributed by atoms with Crippen molar-refractivity contribution < 1.29 is 23.8 Å². The molecule has 0 saturated carbocycles. The Morgan fingerprint density at radius 3 is 2.79 bits per heavy atom. The number of carbonyl (C=O) groups excluding carboxylic acids is 1. The van der Waals surface area contributed by atoms with E-state index < -0.39 is 6.10 Å². The third kappa shape index (κ3) is 8.38. The first-order chi connectivity index (χ1) is 11.6. The fourth-order valence-electron chi connectivity index (χ4n) is 2.35. The molecule has 0 aliphatic heterocycles. The lowest BCUT2D eigenvalue weighted by Crippen LogP contribution is -2.36. The number of aliphatic hydroxyl groups excluding tert-OH is 1. The molecule has 136 valence electrons. The van der Waals surface area contributed by atoms with Crippen molar-refractivity contribution in [2.24, 2.45) is 0 Å². The molecule has 0 bridgehead atoms. The van der Waals surface area contributed by atoms with Crippen molar-refractivity contribution in [1.82, 2.24) is 4.90 Å². The van der Waals surface area contributed by atoms with Gasteiger partial charge < -0.3 is 14.6 Å². The second-order valence-corrected chi connectivity index (χ2v) is 5.76. The number of carbonyl (C=O) groups is 1. The van der Waals surface area contributed by atoms with Crippen molar-refractivity contribution in [2.75, 3.05) is 33.4 Å². The van der Waals surface area contributed by atoms with E-state index in [0.717, 1.165) is 6.42 Å². The van der Waals surface area contributed by atoms with Crippen LogP contribution in [0.1, 0.15) is 31.7 Å². The van der Waals surface area contributed by atoms with Crippen molar-refractivity contribution in [2.45, 2.75) is 38.8 Å². The standard InChI is InChI=1S/C18H28FNO4/c1-3-7-18(22)24-14-16(21)13-20(10-6-11-23-2)12-15-8-4-5-9-17(15)19/h4-5,8-9,16,21H,3,6-7,10-14H2,1-2H3/t16-/m0/s1. The molecule has 0 aliphatic carbocycles. The van der Waals surface area contributed by atoms with Gasteiger partial charge in [-0.15, -0.1) is 0 Å². The summed E-state index contributed by atoms with van der Waals surface area (Å²) in [7, 11) is 1.63. The van der Waals surface area contributed by atoms with Crippen molar-refractivity contribution in [3.05, 3.63) is 35.6 Å². The number of hydrogen-bond donors (Lipinski definition) is 1. The highest BCUT2D eigenvalue weighted by atomic mass is 19.1. The largest absolute Gasteiger partial charge is 0.463 e. The Balaban J connectivity index is 2.54. The lowest BCUT2D eigenvalue weighted by molar-refractivity contribution is -0.147. The highest BCUT2D eigenvalue weighted by molar-refractivity contribution is 5.69. The molecular weight excluding hydrogens is 313 g/mol. The van der Waals surface area contributed by atoms with E-state index in [2.05, 4.69) is 0 Å². The molecule has 5 nitrogen and oxygen atoms in total. The minimum absolute atomic E-state index is 0.0448. The Morgan fingerprint density at radius 1 is 1.38 bits per heavy atom. The zero-order valence-electron chi connectivity index (χ0n) is 14.5. The molecule has 0 heterocycles. The second-order valence-electron chi connectivity index (χ2n) is 5.76. The maximum absolute atomic E-state index is 13.8. The van der Waals surface area contributed by atoms with Crippen molar-refractivity contribution in [3.63, 3.8) is 0 Å². The van der Waals surface area contributed by atoms with Crippen LogP contribution in [0, 0.1) is 5.82 Å². The number of nitrogens with zero attached hydrogens (tertiary/aromatic N) is 1. The maximum Gasteiger partial charge on any atom is 0.305 e. The van der Waals surface area contributed by atoms with Crippen LogP contribution < -0.4 is 0 Å². The highest BCUT2D eigenvalue weighted by Gasteiger charge is 2.15. The first-order valence-corrected chi connectivity index (χ1v) is 8.35. The monoisotopic (exact) mass is 341 g/mol. The van der Waals surface area contributed by atoms with Gasteiger partial charge in [0.2, 0.25) is 0 Å². The lowest BCUT2D eigenvalue weighted by Gasteiger charge is -2.25. The summed E-state index contributed by atoms with van der Waals surface area (Å²) in [6.45, 7) is 3.78. The van der Waals surface area contributed by atoms with Crippen LogP contribution in [0.4, 0.5) is 4.39 Å². The second kappa shape index (κ2) is 11.9. The van der Waals surface area contributed by atoms with Crippen LogP contribution in [-0.4, -0.2) is 55.5 Å². The number of halogens is 1. The van der Waals surface area contributed by atoms with Gasteiger partial charge in [-0.2, -0.15) is 0 Å². The summed E-state index contributed by atoms with van der Waals surface area (Å²) < 4.78 is 23.9. The molecule has 1 aromatic carbocycles. The molecule has 0 aliphatic rings. The quantitative estimate of drug-likeness (QED) is 0.467. The Bertz CT molecular complexity index is 484. The van der Waals surface area contributed by atoms with Gasteiger partial charge >= 0.3 is 5.97 Å². The average Bonchev–Trinajstić information content (AvgIpc) is 2.55. The summed E-state index contributed by atoms with van der Waals surface area (Å²) in [5, 5.41) is 10.1. The van der Waals surface area contributed by atoms with E-state index in [1.165, 1.54) is 6.07 Å². The molecular formula is C18H28FNO4. The molecule has 0 unspecified atom stereocenters. The molecule has 0 spiro atoms. The van der Waals surface area contributed by atoms with Gasteiger partial charge in [-0.25, -0.2) is 4.39 Å². The molecule has 6 heteroatoms. The molecule has 1 N–H and O–H groups in total. The molecule has 0 saturated heterocycles. The summed E-state index contributed by atoms with van der Waals surface area (Å²) in [5.74, 6) is -0.574. The van der Waals surface area contributed by atoms with Crippen LogP contribution in [0.15, 0.2) is 24.3 Å². The SMILES string of the molecule is CCCC(=O)OC[C@@H](O)CN(CCCOC)Cc1ccccc1F. The third-order valence-electron chi connectivity index (χ3n) is 3.53. The van der Waals surface area contributed by atoms with Gasteiger partial charge in [0.1, 0.15) is 18.5 Å². The summed E-state index contributed by atoms with van der Waals surface area (Å²) in [6, 6.07) is 6.59. The zero-order valence-corrected chi connectivity index (χ0v) is 14.5. The lowest BCUT2D eigenvalue weighted by atomic mass is 10.2. The highest BCUT2D eigenvalue weighted by Crippen LogP contribution is 2.11. The molecule has 1 aromatic rings. The smallest absolute Gasteiger partial charge is 0.305 e. The molecule has 24 heavy (non-hydrogen) atoms. The Morgan fingerprint density at radius 2 is 2.12 bits per heavy atom. The minimum atomic E-state index is -0.805. The van der Waals surface area contributed by atoms with Gasteiger partial charge in [0, 0.05) is 45.3 Å². The number of benzene rings is 1. The normalized spacial score (nSPS) is 12.4. The van der Waals surface area contributed by atoms with Gasteiger partial charge in [0.25, 0.3) is 0 Å². The Kier molecular flexibility index (Phi) is 10.2. The topological polar surface area (TPSA) is 59.0 Å². The van der Waals surface area contributed by atoms with Crippen molar-refractivity contribution in [1.29, 1.82) is 0 Å². The van der Waals surface area contributed by atoms with Crippen molar-refractivity contribution in [3.8, 4) is 0 Å². The van der Waals surface area contributed by atoms with E-state index in [0.29, 0.717) is 44.6 Å². The first-order valence-electron chi connectivity index (χ1n) is 8.35. The molecule has 0 radical (unpaired) electrons. The van der Waals surface area contributed by atoms with E-state index in [1.54, 1.807) is 25.3 Å². The number of esters is 1. The summed E-state index contributed by atoms with van der Waals surface area (Å²) >= 11 is 0. The van der Waals surface area contributed by atoms with Crippen LogP contribution in [0.2, 0.25) is 0 Å². The molecule has 1 atom stereocenters. The van der Waals surface area contributed by atoms with E-state index >= 15 is 0 Å². The van der Waals surface area contributed by atoms with Gasteiger partial charge in [-0.1, -0.05) is 25.1 Å². The first kappa shape index (κ1) is 20.5. The number of hydrogen-bond acceptors (Lipinski definition) is 5. The maximum atomic E-state index is 13.8. The predicted octanol–water partition coefficient (Wildman–Crippen LogP) is 2.37. The fourth-order valence-corrected chi connectivity index (χ4v) is 2.35. The van der Waals surface area contributed by atoms with E-state index in [-0.39, 0.29) is 18.4 Å². The summed E-state index contributed by atoms with van der Waals surface area (Å²) in [4.78, 5) is 13.3. The minimum Gasteiger partial charge on any atom is -0.463 e. The van der Waals surface area contributed by atoms with Gasteiger partial charge in [0.05, 0.1) is 0 Å². The van der Waals surface area contributed by atoms with Crippen LogP contribution >= 0.6 is 0 Å². The van der Waals surface area contributed by atoms with E-state index in [1.807, 2.05) is 11.8 Å². The van der Waals surface area contributed by atoms with Crippen LogP contribution in [0.5, 0.6) is 0 Å². The van der Waals surface area contributed by atoms with Gasteiger partial charge in [-0.3, -0.25) is 9.69 Å². The van der Waals surface area contributed by atoms with Crippen LogP contribution in [0.3, 0.4) is 0 Å². The van der Waals surface area contributed by atoms with Crippen LogP contribution in [-0.2, 0) is 20.8 Å². The molecule has 1 rings (SSSR count). The zero-order chi connectivity index (χ0) is 17.8. The number of aliphatic hydroxyl groups is 1. The summed E-state index contributed by atoms with van der Waals surface area (Å²) in [6.07, 6.45) is 1.03. The van der Waals surface area contributed by atoms with Crippen molar-refractivity contribution >= 4 is 5.97 Å². The third-order valence-corrected chi connectivity index (χ3v) is 3.53. The molecule has 0 fully saturated rings. The molecule has 0 aromatic heterocycles. The number of ether oxygens (including phenoxy) is 2. The number of rotatable bonds is 12. The fraction of sp³-hybridized carbons (Fsp3) is 0.611. The molecule has 0 amide bonds. The summed E-state index contributed by atoms with van der Waals surface area (Å²) in [5.41, 5.74) is 0.574. The average molecular weight is 341 g/mol. The van der Waals surface area contributed by atoms with Gasteiger partial charge in [-0.05, 0) is 18.9 Å². The Labute approximate surface area is 143 Å². The predicted molar refractivity (Wildman–Crippen MR) is 90.0 cm³/mol.